The Labute approximate surface area is 115 Å². The lowest BCUT2D eigenvalue weighted by atomic mass is 10.1. The van der Waals surface area contributed by atoms with Gasteiger partial charge in [0, 0.05) is 26.8 Å². The first kappa shape index (κ1) is 16.4. The molecule has 112 valence electrons. The number of hydrogen-bond donors (Lipinski definition) is 1. The molecule has 0 aromatic rings. The summed E-state index contributed by atoms with van der Waals surface area (Å²) in [5.41, 5.74) is 5.42. The van der Waals surface area contributed by atoms with Crippen molar-refractivity contribution in [2.75, 3.05) is 53.2 Å². The first-order valence-electron chi connectivity index (χ1n) is 6.94. The zero-order valence-electron chi connectivity index (χ0n) is 11.8. The largest absolute Gasteiger partial charge is 0.382 e. The van der Waals surface area contributed by atoms with Crippen LogP contribution in [0.4, 0.5) is 0 Å². The molecule has 2 N–H and O–H groups in total. The molecule has 1 aliphatic heterocycles. The topological polar surface area (TPSA) is 74.0 Å². The number of nitrogens with zero attached hydrogens (tertiary/aromatic N) is 1. The third-order valence-corrected chi connectivity index (χ3v) is 3.15. The van der Waals surface area contributed by atoms with Gasteiger partial charge in [-0.1, -0.05) is 0 Å². The van der Waals surface area contributed by atoms with E-state index in [1.54, 1.807) is 7.11 Å². The summed E-state index contributed by atoms with van der Waals surface area (Å²) < 4.78 is 15.8. The van der Waals surface area contributed by atoms with Gasteiger partial charge in [0.25, 0.3) is 0 Å². The molecule has 1 saturated heterocycles. The molecule has 0 aromatic carbocycles. The summed E-state index contributed by atoms with van der Waals surface area (Å²) in [4.78, 5) is 13.7. The Kier molecular flexibility index (Phi) is 8.73. The number of piperidine rings is 1. The van der Waals surface area contributed by atoms with E-state index in [-0.39, 0.29) is 18.6 Å². The van der Waals surface area contributed by atoms with Gasteiger partial charge in [0.2, 0.25) is 5.91 Å². The molecule has 1 heterocycles. The fourth-order valence-electron chi connectivity index (χ4n) is 2.00. The first-order valence-corrected chi connectivity index (χ1v) is 6.94. The normalized spacial score (nSPS) is 16.8. The number of nitrogens with two attached hydrogens (primary N) is 1. The van der Waals surface area contributed by atoms with Gasteiger partial charge >= 0.3 is 0 Å². The van der Waals surface area contributed by atoms with E-state index in [2.05, 4.69) is 0 Å². The van der Waals surface area contributed by atoms with Gasteiger partial charge in [-0.3, -0.25) is 4.79 Å². The van der Waals surface area contributed by atoms with E-state index in [1.165, 1.54) is 0 Å². The zero-order chi connectivity index (χ0) is 13.9. The third-order valence-electron chi connectivity index (χ3n) is 3.15. The Hall–Kier alpha value is -0.690. The Morgan fingerprint density at radius 3 is 2.63 bits per heavy atom. The molecule has 6 nitrogen and oxygen atoms in total. The summed E-state index contributed by atoms with van der Waals surface area (Å²) in [6, 6.07) is 0. The van der Waals surface area contributed by atoms with E-state index in [4.69, 9.17) is 19.9 Å². The lowest BCUT2D eigenvalue weighted by molar-refractivity contribution is -0.139. The van der Waals surface area contributed by atoms with Gasteiger partial charge in [0.05, 0.1) is 19.3 Å². The average Bonchev–Trinajstić information content (AvgIpc) is 2.44. The molecular formula is C13H26N2O4. The molecule has 0 saturated carbocycles. The van der Waals surface area contributed by atoms with E-state index in [0.717, 1.165) is 39.0 Å². The maximum Gasteiger partial charge on any atom is 0.248 e. The molecule has 1 amide bonds. The number of ether oxygens (including phenoxy) is 3. The molecular weight excluding hydrogens is 248 g/mol. The average molecular weight is 274 g/mol. The minimum atomic E-state index is 0.0523. The van der Waals surface area contributed by atoms with E-state index in [0.29, 0.717) is 19.8 Å². The SMILES string of the molecule is COCCOCC(=O)N1CCC(OCCCN)CC1. The van der Waals surface area contributed by atoms with Crippen LogP contribution < -0.4 is 5.73 Å². The summed E-state index contributed by atoms with van der Waals surface area (Å²) in [7, 11) is 1.61. The van der Waals surface area contributed by atoms with Crippen LogP contribution in [-0.4, -0.2) is 70.1 Å². The highest BCUT2D eigenvalue weighted by Crippen LogP contribution is 2.14. The minimum absolute atomic E-state index is 0.0523. The predicted molar refractivity (Wildman–Crippen MR) is 71.9 cm³/mol. The number of carbonyl (C=O) groups is 1. The van der Waals surface area contributed by atoms with Gasteiger partial charge in [-0.25, -0.2) is 0 Å². The number of hydrogen-bond acceptors (Lipinski definition) is 5. The fraction of sp³-hybridized carbons (Fsp3) is 0.923. The van der Waals surface area contributed by atoms with Gasteiger partial charge in [-0.05, 0) is 25.8 Å². The second-order valence-electron chi connectivity index (χ2n) is 4.64. The molecule has 0 unspecified atom stereocenters. The maximum atomic E-state index is 11.8. The van der Waals surface area contributed by atoms with Gasteiger partial charge in [0.15, 0.2) is 0 Å². The summed E-state index contributed by atoms with van der Waals surface area (Å²) in [5, 5.41) is 0. The summed E-state index contributed by atoms with van der Waals surface area (Å²) in [6.45, 7) is 4.00. The van der Waals surface area contributed by atoms with E-state index >= 15 is 0 Å². The number of amides is 1. The van der Waals surface area contributed by atoms with Crippen LogP contribution >= 0.6 is 0 Å². The van der Waals surface area contributed by atoms with E-state index in [1.807, 2.05) is 4.90 Å². The van der Waals surface area contributed by atoms with Crippen molar-refractivity contribution in [3.63, 3.8) is 0 Å². The van der Waals surface area contributed by atoms with E-state index in [9.17, 15) is 4.79 Å². The molecule has 1 aliphatic rings. The van der Waals surface area contributed by atoms with Crippen molar-refractivity contribution < 1.29 is 19.0 Å². The molecule has 0 aliphatic carbocycles. The lowest BCUT2D eigenvalue weighted by Crippen LogP contribution is -2.42. The van der Waals surface area contributed by atoms with Gasteiger partial charge in [-0.2, -0.15) is 0 Å². The molecule has 0 atom stereocenters. The first-order chi connectivity index (χ1) is 9.27. The van der Waals surface area contributed by atoms with Crippen molar-refractivity contribution in [2.24, 2.45) is 5.73 Å². The highest BCUT2D eigenvalue weighted by atomic mass is 16.5. The molecule has 1 rings (SSSR count). The van der Waals surface area contributed by atoms with Crippen LogP contribution in [0.2, 0.25) is 0 Å². The fourth-order valence-corrected chi connectivity index (χ4v) is 2.00. The number of likely N-dealkylation sites (tertiary alicyclic amines) is 1. The molecule has 0 aromatic heterocycles. The van der Waals surface area contributed by atoms with Gasteiger partial charge < -0.3 is 24.8 Å². The number of carbonyl (C=O) groups excluding carboxylic acids is 1. The maximum absolute atomic E-state index is 11.8. The smallest absolute Gasteiger partial charge is 0.248 e. The highest BCUT2D eigenvalue weighted by molar-refractivity contribution is 5.77. The Bertz CT molecular complexity index is 243. The summed E-state index contributed by atoms with van der Waals surface area (Å²) in [5.74, 6) is 0.0523. The van der Waals surface area contributed by atoms with Crippen molar-refractivity contribution in [1.82, 2.24) is 4.90 Å². The standard InChI is InChI=1S/C13H26N2O4/c1-17-9-10-18-11-13(16)15-6-3-12(4-7-15)19-8-2-5-14/h12H,2-11,14H2,1H3. The second-order valence-corrected chi connectivity index (χ2v) is 4.64. The Morgan fingerprint density at radius 2 is 2.00 bits per heavy atom. The second kappa shape index (κ2) is 10.1. The van der Waals surface area contributed by atoms with Crippen LogP contribution in [0.15, 0.2) is 0 Å². The van der Waals surface area contributed by atoms with Gasteiger partial charge in [0.1, 0.15) is 6.61 Å². The van der Waals surface area contributed by atoms with Crippen LogP contribution in [0.3, 0.4) is 0 Å². The van der Waals surface area contributed by atoms with Crippen LogP contribution in [-0.2, 0) is 19.0 Å². The van der Waals surface area contributed by atoms with Crippen molar-refractivity contribution in [3.05, 3.63) is 0 Å². The zero-order valence-corrected chi connectivity index (χ0v) is 11.8. The monoisotopic (exact) mass is 274 g/mol. The van der Waals surface area contributed by atoms with Crippen molar-refractivity contribution >= 4 is 5.91 Å². The summed E-state index contributed by atoms with van der Waals surface area (Å²) in [6.07, 6.45) is 2.96. The van der Waals surface area contributed by atoms with E-state index < -0.39 is 0 Å². The number of methoxy groups -OCH3 is 1. The number of rotatable bonds is 9. The molecule has 0 radical (unpaired) electrons. The van der Waals surface area contributed by atoms with Crippen LogP contribution in [0.5, 0.6) is 0 Å². The summed E-state index contributed by atoms with van der Waals surface area (Å²) >= 11 is 0. The molecule has 0 bridgehead atoms. The molecule has 19 heavy (non-hydrogen) atoms. The molecule has 6 heteroatoms. The van der Waals surface area contributed by atoms with Crippen LogP contribution in [0.25, 0.3) is 0 Å². The molecule has 0 spiro atoms. The van der Waals surface area contributed by atoms with Crippen molar-refractivity contribution in [1.29, 1.82) is 0 Å². The Morgan fingerprint density at radius 1 is 1.26 bits per heavy atom. The third kappa shape index (κ3) is 6.87. The van der Waals surface area contributed by atoms with Crippen molar-refractivity contribution in [3.8, 4) is 0 Å². The van der Waals surface area contributed by atoms with Crippen LogP contribution in [0.1, 0.15) is 19.3 Å². The minimum Gasteiger partial charge on any atom is -0.382 e. The van der Waals surface area contributed by atoms with Gasteiger partial charge in [-0.15, -0.1) is 0 Å². The molecule has 1 fully saturated rings. The Balaban J connectivity index is 2.09. The van der Waals surface area contributed by atoms with Crippen molar-refractivity contribution in [2.45, 2.75) is 25.4 Å². The van der Waals surface area contributed by atoms with Crippen LogP contribution in [0, 0.1) is 0 Å². The predicted octanol–water partition coefficient (Wildman–Crippen LogP) is 0.00580. The quantitative estimate of drug-likeness (QED) is 0.599. The highest BCUT2D eigenvalue weighted by Gasteiger charge is 2.22. The lowest BCUT2D eigenvalue weighted by Gasteiger charge is -2.31.